The second-order valence-corrected chi connectivity index (χ2v) is 7.96. The van der Waals surface area contributed by atoms with Crippen molar-refractivity contribution in [2.75, 3.05) is 30.4 Å². The van der Waals surface area contributed by atoms with Crippen molar-refractivity contribution in [1.82, 2.24) is 29.3 Å². The Labute approximate surface area is 173 Å². The fourth-order valence-electron chi connectivity index (χ4n) is 3.87. The average molecular weight is 408 g/mol. The van der Waals surface area contributed by atoms with Gasteiger partial charge in [0.05, 0.1) is 11.8 Å². The third kappa shape index (κ3) is 3.27. The first kappa shape index (κ1) is 18.6. The topological polar surface area (TPSA) is 101 Å². The van der Waals surface area contributed by atoms with Crippen LogP contribution >= 0.6 is 0 Å². The van der Waals surface area contributed by atoms with Crippen molar-refractivity contribution in [1.29, 1.82) is 0 Å². The minimum Gasteiger partial charge on any atom is -0.340 e. The summed E-state index contributed by atoms with van der Waals surface area (Å²) in [7, 11) is 3.43. The number of carbonyl (C=O) groups excluding carboxylic acids is 2. The van der Waals surface area contributed by atoms with Crippen LogP contribution in [0.5, 0.6) is 0 Å². The minimum atomic E-state index is -0.383. The summed E-state index contributed by atoms with van der Waals surface area (Å²) in [6, 6.07) is 3.80. The van der Waals surface area contributed by atoms with Crippen LogP contribution in [0.2, 0.25) is 0 Å². The highest BCUT2D eigenvalue weighted by Gasteiger charge is 2.33. The fourth-order valence-corrected chi connectivity index (χ4v) is 3.87. The van der Waals surface area contributed by atoms with E-state index in [9.17, 15) is 9.59 Å². The molecule has 2 aliphatic rings. The molecule has 10 heteroatoms. The summed E-state index contributed by atoms with van der Waals surface area (Å²) < 4.78 is 3.14. The van der Waals surface area contributed by atoms with Gasteiger partial charge in [-0.3, -0.25) is 14.3 Å². The molecule has 1 N–H and O–H groups in total. The molecule has 0 unspecified atom stereocenters. The molecule has 0 aromatic carbocycles. The molecule has 3 aromatic heterocycles. The fraction of sp³-hybridized carbons (Fsp3) is 0.450. The zero-order valence-corrected chi connectivity index (χ0v) is 17.1. The molecular formula is C20H24N8O2. The Morgan fingerprint density at radius 2 is 2.00 bits per heavy atom. The summed E-state index contributed by atoms with van der Waals surface area (Å²) in [6.07, 6.45) is 7.54. The zero-order chi connectivity index (χ0) is 20.8. The van der Waals surface area contributed by atoms with Gasteiger partial charge in [0.25, 0.3) is 11.8 Å². The molecule has 1 aliphatic carbocycles. The van der Waals surface area contributed by atoms with E-state index >= 15 is 0 Å². The first-order valence-corrected chi connectivity index (χ1v) is 10.2. The third-order valence-electron chi connectivity index (χ3n) is 5.77. The van der Waals surface area contributed by atoms with E-state index in [0.29, 0.717) is 22.8 Å². The molecule has 0 bridgehead atoms. The van der Waals surface area contributed by atoms with Gasteiger partial charge in [-0.15, -0.1) is 5.10 Å². The number of hydrogen-bond acceptors (Lipinski definition) is 6. The van der Waals surface area contributed by atoms with E-state index in [1.165, 1.54) is 10.9 Å². The number of nitrogens with zero attached hydrogens (tertiary/aromatic N) is 7. The molecular weight excluding hydrogens is 384 g/mol. The maximum absolute atomic E-state index is 13.0. The van der Waals surface area contributed by atoms with Crippen LogP contribution in [0.4, 0.5) is 11.6 Å². The largest absolute Gasteiger partial charge is 0.340 e. The van der Waals surface area contributed by atoms with Gasteiger partial charge in [0.2, 0.25) is 5.95 Å². The number of nitrogens with one attached hydrogen (secondary N) is 1. The van der Waals surface area contributed by atoms with Crippen LogP contribution in [0.1, 0.15) is 46.5 Å². The lowest BCUT2D eigenvalue weighted by atomic mass is 10.2. The lowest BCUT2D eigenvalue weighted by Gasteiger charge is -2.16. The molecule has 2 fully saturated rings. The number of fused-ring (bicyclic) bond motifs is 1. The lowest BCUT2D eigenvalue weighted by Crippen LogP contribution is -2.30. The highest BCUT2D eigenvalue weighted by molar-refractivity contribution is 6.11. The van der Waals surface area contributed by atoms with Gasteiger partial charge in [-0.25, -0.2) is 4.52 Å². The molecule has 1 aliphatic heterocycles. The van der Waals surface area contributed by atoms with Crippen molar-refractivity contribution >= 4 is 29.1 Å². The van der Waals surface area contributed by atoms with Gasteiger partial charge in [0.1, 0.15) is 5.69 Å². The van der Waals surface area contributed by atoms with Crippen molar-refractivity contribution in [3.63, 3.8) is 0 Å². The number of aromatic nitrogens is 5. The van der Waals surface area contributed by atoms with E-state index in [4.69, 9.17) is 0 Å². The number of carbonyl (C=O) groups is 2. The van der Waals surface area contributed by atoms with Gasteiger partial charge in [-0.2, -0.15) is 10.1 Å². The van der Waals surface area contributed by atoms with Gasteiger partial charge >= 0.3 is 0 Å². The van der Waals surface area contributed by atoms with E-state index in [0.717, 1.165) is 38.8 Å². The predicted molar refractivity (Wildman–Crippen MR) is 111 cm³/mol. The van der Waals surface area contributed by atoms with Crippen molar-refractivity contribution < 1.29 is 9.59 Å². The number of rotatable bonds is 5. The molecule has 0 spiro atoms. The van der Waals surface area contributed by atoms with Gasteiger partial charge < -0.3 is 15.1 Å². The molecule has 0 atom stereocenters. The molecule has 30 heavy (non-hydrogen) atoms. The van der Waals surface area contributed by atoms with Crippen LogP contribution in [-0.4, -0.2) is 67.3 Å². The van der Waals surface area contributed by atoms with Gasteiger partial charge in [0.15, 0.2) is 5.65 Å². The summed E-state index contributed by atoms with van der Waals surface area (Å²) in [5.74, 6) is 0.142. The summed E-state index contributed by atoms with van der Waals surface area (Å²) in [5, 5.41) is 11.5. The maximum Gasteiger partial charge on any atom is 0.274 e. The summed E-state index contributed by atoms with van der Waals surface area (Å²) in [6.45, 7) is 1.93. The molecule has 0 radical (unpaired) electrons. The molecule has 3 aromatic rings. The van der Waals surface area contributed by atoms with E-state index in [1.54, 1.807) is 41.8 Å². The molecule has 1 saturated carbocycles. The third-order valence-corrected chi connectivity index (χ3v) is 5.77. The SMILES string of the molecule is CN(C(=O)c1cnn(C)c1C(=O)Nc1ccn2nc(N3CCCC3)nc2c1)C1CC1. The Hall–Kier alpha value is -3.43. The Balaban J connectivity index is 1.38. The molecule has 5 rings (SSSR count). The highest BCUT2D eigenvalue weighted by Crippen LogP contribution is 2.27. The Morgan fingerprint density at radius 1 is 1.23 bits per heavy atom. The number of pyridine rings is 1. The number of anilines is 2. The maximum atomic E-state index is 13.0. The molecule has 156 valence electrons. The van der Waals surface area contributed by atoms with Crippen LogP contribution < -0.4 is 10.2 Å². The minimum absolute atomic E-state index is 0.182. The first-order chi connectivity index (χ1) is 14.5. The van der Waals surface area contributed by atoms with Crippen molar-refractivity contribution in [2.24, 2.45) is 7.05 Å². The smallest absolute Gasteiger partial charge is 0.274 e. The van der Waals surface area contributed by atoms with Crippen molar-refractivity contribution in [2.45, 2.75) is 31.7 Å². The number of hydrogen-bond donors (Lipinski definition) is 1. The monoisotopic (exact) mass is 408 g/mol. The van der Waals surface area contributed by atoms with Gasteiger partial charge in [-0.05, 0) is 31.7 Å². The number of aryl methyl sites for hydroxylation is 1. The van der Waals surface area contributed by atoms with E-state index < -0.39 is 0 Å². The second-order valence-electron chi connectivity index (χ2n) is 7.96. The Morgan fingerprint density at radius 3 is 2.73 bits per heavy atom. The molecule has 2 amide bonds. The number of amides is 2. The predicted octanol–water partition coefficient (Wildman–Crippen LogP) is 1.55. The normalized spacial score (nSPS) is 16.3. The van der Waals surface area contributed by atoms with Crippen LogP contribution in [0.3, 0.4) is 0 Å². The van der Waals surface area contributed by atoms with Crippen LogP contribution in [0.15, 0.2) is 24.5 Å². The highest BCUT2D eigenvalue weighted by atomic mass is 16.2. The molecule has 1 saturated heterocycles. The van der Waals surface area contributed by atoms with Crippen LogP contribution in [0, 0.1) is 0 Å². The quantitative estimate of drug-likeness (QED) is 0.688. The summed E-state index contributed by atoms with van der Waals surface area (Å²) in [5.41, 5.74) is 1.79. The van der Waals surface area contributed by atoms with Crippen molar-refractivity contribution in [3.8, 4) is 0 Å². The first-order valence-electron chi connectivity index (χ1n) is 10.2. The van der Waals surface area contributed by atoms with Gasteiger partial charge in [-0.1, -0.05) is 0 Å². The molecule has 4 heterocycles. The molecule has 10 nitrogen and oxygen atoms in total. The van der Waals surface area contributed by atoms with Crippen LogP contribution in [0.25, 0.3) is 5.65 Å². The Kier molecular flexibility index (Phi) is 4.41. The summed E-state index contributed by atoms with van der Waals surface area (Å²) >= 11 is 0. The van der Waals surface area contributed by atoms with E-state index in [-0.39, 0.29) is 23.6 Å². The zero-order valence-electron chi connectivity index (χ0n) is 17.1. The average Bonchev–Trinajstić information content (AvgIpc) is 3.13. The van der Waals surface area contributed by atoms with Crippen LogP contribution in [-0.2, 0) is 7.05 Å². The van der Waals surface area contributed by atoms with Gasteiger partial charge in [0, 0.05) is 51.2 Å². The summed E-state index contributed by atoms with van der Waals surface area (Å²) in [4.78, 5) is 34.2. The Bertz CT molecular complexity index is 1120. The second kappa shape index (κ2) is 7.12. The van der Waals surface area contributed by atoms with E-state index in [1.807, 2.05) is 0 Å². The van der Waals surface area contributed by atoms with E-state index in [2.05, 4.69) is 25.4 Å². The lowest BCUT2D eigenvalue weighted by molar-refractivity contribution is 0.0779. The van der Waals surface area contributed by atoms with Crippen molar-refractivity contribution in [3.05, 3.63) is 35.8 Å². The standard InChI is InChI=1S/C20H24N8O2/c1-25(14-5-6-14)19(30)15-12-21-26(2)17(15)18(29)22-13-7-10-28-16(11-13)23-20(24-28)27-8-3-4-9-27/h7,10-12,14H,3-6,8-9H2,1-2H3,(H,22,29).